The molecule has 3 aromatic rings. The maximum absolute atomic E-state index is 14.3. The van der Waals surface area contributed by atoms with Crippen molar-refractivity contribution in [2.75, 3.05) is 18.3 Å². The number of carbonyl (C=O) groups is 1. The fourth-order valence-corrected chi connectivity index (χ4v) is 4.59. The largest absolute Gasteiger partial charge is 0.354 e. The predicted molar refractivity (Wildman–Crippen MR) is 121 cm³/mol. The van der Waals surface area contributed by atoms with Crippen LogP contribution in [0.2, 0.25) is 0 Å². The second-order valence-electron chi connectivity index (χ2n) is 7.93. The van der Waals surface area contributed by atoms with Crippen LogP contribution in [-0.2, 0) is 21.2 Å². The zero-order valence-corrected chi connectivity index (χ0v) is 18.2. The molecule has 1 heterocycles. The lowest BCUT2D eigenvalue weighted by molar-refractivity contribution is -0.282. The van der Waals surface area contributed by atoms with Gasteiger partial charge in [0.2, 0.25) is 5.91 Å². The minimum absolute atomic E-state index is 0.165. The van der Waals surface area contributed by atoms with Gasteiger partial charge < -0.3 is 10.3 Å². The summed E-state index contributed by atoms with van der Waals surface area (Å²) in [6.07, 6.45) is 5.77. The zero-order valence-electron chi connectivity index (χ0n) is 17.5. The number of nitrogens with one attached hydrogen (secondary N) is 2. The number of aromatic nitrogens is 1. The van der Waals surface area contributed by atoms with Gasteiger partial charge in [0.05, 0.1) is 18.5 Å². The minimum atomic E-state index is -0.360. The Bertz CT molecular complexity index is 1080. The molecule has 1 amide bonds. The van der Waals surface area contributed by atoms with Gasteiger partial charge in [0, 0.05) is 16.5 Å². The number of benzene rings is 2. The van der Waals surface area contributed by atoms with Gasteiger partial charge in [0.25, 0.3) is 0 Å². The summed E-state index contributed by atoms with van der Waals surface area (Å²) in [5.41, 5.74) is 5.11. The molecule has 0 unspecified atom stereocenters. The molecule has 164 valence electrons. The van der Waals surface area contributed by atoms with E-state index < -0.39 is 0 Å². The third kappa shape index (κ3) is 4.76. The van der Waals surface area contributed by atoms with E-state index in [9.17, 15) is 9.18 Å². The third-order valence-corrected chi connectivity index (χ3v) is 6.15. The fraction of sp³-hybridized carbons (Fsp3) is 0.375. The van der Waals surface area contributed by atoms with Crippen molar-refractivity contribution < 1.29 is 19.0 Å². The standard InChI is InChI=1S/C24H26ClFN2O3/c1-30-31-14-15-7-9-18-21(11-15)28-24(23(18)16-5-3-2-4-6-16)19-12-17(26)8-10-20(19)27-22(29)13-25/h7-12,16,28H,2-6,13-14H2,1H3,(H,27,29). The Balaban J connectivity index is 1.88. The molecule has 0 spiro atoms. The molecule has 0 aliphatic heterocycles. The van der Waals surface area contributed by atoms with Crippen LogP contribution in [0, 0.1) is 5.82 Å². The molecule has 0 saturated heterocycles. The summed E-state index contributed by atoms with van der Waals surface area (Å²) < 4.78 is 14.3. The number of anilines is 1. The third-order valence-electron chi connectivity index (χ3n) is 5.91. The highest BCUT2D eigenvalue weighted by molar-refractivity contribution is 6.29. The summed E-state index contributed by atoms with van der Waals surface area (Å²) in [5, 5.41) is 3.92. The molecule has 2 N–H and O–H groups in total. The lowest BCUT2D eigenvalue weighted by Gasteiger charge is -2.23. The molecule has 1 fully saturated rings. The first-order valence-corrected chi connectivity index (χ1v) is 11.1. The van der Waals surface area contributed by atoms with E-state index in [4.69, 9.17) is 21.4 Å². The molecule has 5 nitrogen and oxygen atoms in total. The highest BCUT2D eigenvalue weighted by Crippen LogP contribution is 2.44. The van der Waals surface area contributed by atoms with Gasteiger partial charge >= 0.3 is 0 Å². The molecule has 1 aromatic heterocycles. The number of amides is 1. The maximum atomic E-state index is 14.3. The molecule has 1 saturated carbocycles. The van der Waals surface area contributed by atoms with Gasteiger partial charge in [0.15, 0.2) is 0 Å². The van der Waals surface area contributed by atoms with Crippen LogP contribution < -0.4 is 5.32 Å². The van der Waals surface area contributed by atoms with E-state index in [1.165, 1.54) is 44.1 Å². The molecule has 0 atom stereocenters. The second kappa shape index (κ2) is 9.81. The van der Waals surface area contributed by atoms with Crippen molar-refractivity contribution in [1.82, 2.24) is 4.98 Å². The van der Waals surface area contributed by atoms with E-state index in [1.807, 2.05) is 12.1 Å². The Morgan fingerprint density at radius 3 is 2.74 bits per heavy atom. The molecule has 1 aliphatic carbocycles. The van der Waals surface area contributed by atoms with Gasteiger partial charge in [-0.3, -0.25) is 4.79 Å². The van der Waals surface area contributed by atoms with Crippen LogP contribution in [0.25, 0.3) is 22.2 Å². The van der Waals surface area contributed by atoms with E-state index in [1.54, 1.807) is 6.07 Å². The number of halogens is 2. The molecular formula is C24H26ClFN2O3. The molecule has 4 rings (SSSR count). The van der Waals surface area contributed by atoms with Crippen LogP contribution in [0.1, 0.15) is 49.1 Å². The van der Waals surface area contributed by atoms with Crippen molar-refractivity contribution in [1.29, 1.82) is 0 Å². The van der Waals surface area contributed by atoms with Crippen LogP contribution >= 0.6 is 11.6 Å². The second-order valence-corrected chi connectivity index (χ2v) is 8.20. The number of hydrogen-bond donors (Lipinski definition) is 2. The molecular weight excluding hydrogens is 419 g/mol. The van der Waals surface area contributed by atoms with E-state index in [-0.39, 0.29) is 17.6 Å². The Labute approximate surface area is 185 Å². The Kier molecular flexibility index (Phi) is 6.90. The Morgan fingerprint density at radius 1 is 1.19 bits per heavy atom. The summed E-state index contributed by atoms with van der Waals surface area (Å²) in [7, 11) is 1.48. The van der Waals surface area contributed by atoms with E-state index in [0.29, 0.717) is 23.8 Å². The molecule has 1 aliphatic rings. The van der Waals surface area contributed by atoms with Crippen molar-refractivity contribution >= 4 is 34.1 Å². The highest BCUT2D eigenvalue weighted by Gasteiger charge is 2.25. The zero-order chi connectivity index (χ0) is 21.8. The number of carbonyl (C=O) groups excluding carboxylic acids is 1. The summed E-state index contributed by atoms with van der Waals surface area (Å²) in [6, 6.07) is 10.5. The predicted octanol–water partition coefficient (Wildman–Crippen LogP) is 6.28. The minimum Gasteiger partial charge on any atom is -0.354 e. The molecule has 31 heavy (non-hydrogen) atoms. The molecule has 0 bridgehead atoms. The van der Waals surface area contributed by atoms with Gasteiger partial charge in [-0.1, -0.05) is 31.4 Å². The van der Waals surface area contributed by atoms with Crippen LogP contribution in [0.5, 0.6) is 0 Å². The van der Waals surface area contributed by atoms with Crippen LogP contribution in [0.3, 0.4) is 0 Å². The summed E-state index contributed by atoms with van der Waals surface area (Å²) in [5.74, 6) is -0.481. The van der Waals surface area contributed by atoms with Crippen LogP contribution in [-0.4, -0.2) is 23.9 Å². The van der Waals surface area contributed by atoms with Gasteiger partial charge in [-0.15, -0.1) is 11.6 Å². The Hall–Kier alpha value is -2.41. The number of H-pyrrole nitrogens is 1. The van der Waals surface area contributed by atoms with Crippen molar-refractivity contribution in [3.05, 3.63) is 53.3 Å². The molecule has 7 heteroatoms. The summed E-state index contributed by atoms with van der Waals surface area (Å²) >= 11 is 5.69. The normalized spacial score (nSPS) is 14.8. The average molecular weight is 445 g/mol. The maximum Gasteiger partial charge on any atom is 0.239 e. The van der Waals surface area contributed by atoms with Crippen molar-refractivity contribution in [3.63, 3.8) is 0 Å². The first-order chi connectivity index (χ1) is 15.1. The number of rotatable bonds is 7. The highest BCUT2D eigenvalue weighted by atomic mass is 35.5. The topological polar surface area (TPSA) is 63.4 Å². The average Bonchev–Trinajstić information content (AvgIpc) is 3.17. The molecule has 0 radical (unpaired) electrons. The lowest BCUT2D eigenvalue weighted by Crippen LogP contribution is -2.14. The van der Waals surface area contributed by atoms with Crippen molar-refractivity contribution in [2.45, 2.75) is 44.6 Å². The SMILES string of the molecule is COOCc1ccc2c(C3CCCCC3)c(-c3cc(F)ccc3NC(=O)CCl)[nH]c2c1. The van der Waals surface area contributed by atoms with Gasteiger partial charge in [-0.05, 0) is 54.2 Å². The smallest absolute Gasteiger partial charge is 0.239 e. The molecule has 2 aromatic carbocycles. The Morgan fingerprint density at radius 2 is 2.00 bits per heavy atom. The monoisotopic (exact) mass is 444 g/mol. The van der Waals surface area contributed by atoms with E-state index in [0.717, 1.165) is 35.0 Å². The fourth-order valence-electron chi connectivity index (χ4n) is 4.53. The van der Waals surface area contributed by atoms with Crippen molar-refractivity contribution in [3.8, 4) is 11.3 Å². The lowest BCUT2D eigenvalue weighted by atomic mass is 9.81. The van der Waals surface area contributed by atoms with Crippen molar-refractivity contribution in [2.24, 2.45) is 0 Å². The number of aromatic amines is 1. The first kappa shape index (κ1) is 21.8. The van der Waals surface area contributed by atoms with Gasteiger partial charge in [-0.25, -0.2) is 14.2 Å². The number of hydrogen-bond acceptors (Lipinski definition) is 3. The van der Waals surface area contributed by atoms with Gasteiger partial charge in [-0.2, -0.15) is 0 Å². The number of alkyl halides is 1. The first-order valence-electron chi connectivity index (χ1n) is 10.6. The quantitative estimate of drug-likeness (QED) is 0.256. The number of fused-ring (bicyclic) bond motifs is 1. The summed E-state index contributed by atoms with van der Waals surface area (Å²) in [4.78, 5) is 25.3. The summed E-state index contributed by atoms with van der Waals surface area (Å²) in [6.45, 7) is 0.330. The van der Waals surface area contributed by atoms with Crippen LogP contribution in [0.15, 0.2) is 36.4 Å². The van der Waals surface area contributed by atoms with E-state index in [2.05, 4.69) is 16.4 Å². The van der Waals surface area contributed by atoms with Crippen LogP contribution in [0.4, 0.5) is 10.1 Å². The van der Waals surface area contributed by atoms with Gasteiger partial charge in [0.1, 0.15) is 18.3 Å². The van der Waals surface area contributed by atoms with E-state index >= 15 is 0 Å².